The fourth-order valence-electron chi connectivity index (χ4n) is 3.27. The molecular formula is C20H18N4O3S. The van der Waals surface area contributed by atoms with E-state index in [2.05, 4.69) is 21.4 Å². The number of fused-ring (bicyclic) bond motifs is 1. The monoisotopic (exact) mass is 394 g/mol. The Labute approximate surface area is 165 Å². The maximum absolute atomic E-state index is 12.6. The highest BCUT2D eigenvalue weighted by Crippen LogP contribution is 2.28. The minimum absolute atomic E-state index is 0.0688. The molecule has 28 heavy (non-hydrogen) atoms. The minimum Gasteiger partial charge on any atom is -0.312 e. The second kappa shape index (κ2) is 7.85. The van der Waals surface area contributed by atoms with Crippen LogP contribution in [-0.2, 0) is 27.2 Å². The summed E-state index contributed by atoms with van der Waals surface area (Å²) in [5.41, 5.74) is 2.93. The standard InChI is InChI=1S/C20H18N4O3S/c25-17(24-11-9-13-4-1-2-6-16(13)24)8-7-14-12-28-20(22-14)23-19(27)15-5-3-10-21-18(15)26/h1-6,10,12,15H,7-9,11H2,(H,22,23,27). The Hall–Kier alpha value is -3.13. The van der Waals surface area contributed by atoms with Crippen LogP contribution in [0.1, 0.15) is 17.7 Å². The second-order valence-electron chi connectivity index (χ2n) is 6.54. The first kappa shape index (κ1) is 18.2. The van der Waals surface area contributed by atoms with E-state index in [1.807, 2.05) is 28.5 Å². The average molecular weight is 394 g/mol. The summed E-state index contributed by atoms with van der Waals surface area (Å²) in [6, 6.07) is 7.95. The van der Waals surface area contributed by atoms with Crippen molar-refractivity contribution >= 4 is 46.1 Å². The van der Waals surface area contributed by atoms with E-state index in [1.165, 1.54) is 29.2 Å². The summed E-state index contributed by atoms with van der Waals surface area (Å²) in [4.78, 5) is 46.2. The summed E-state index contributed by atoms with van der Waals surface area (Å²) < 4.78 is 0. The molecule has 2 aliphatic rings. The number of hydrogen-bond acceptors (Lipinski definition) is 5. The molecule has 1 aromatic heterocycles. The number of dihydropyridines is 1. The molecule has 4 rings (SSSR count). The Bertz CT molecular complexity index is 995. The van der Waals surface area contributed by atoms with E-state index in [9.17, 15) is 14.4 Å². The van der Waals surface area contributed by atoms with Crippen LogP contribution in [0.4, 0.5) is 10.8 Å². The zero-order valence-electron chi connectivity index (χ0n) is 15.0. The van der Waals surface area contributed by atoms with Gasteiger partial charge in [0.2, 0.25) is 11.8 Å². The van der Waals surface area contributed by atoms with Crippen LogP contribution >= 0.6 is 11.3 Å². The lowest BCUT2D eigenvalue weighted by Gasteiger charge is -2.16. The number of thiazole rings is 1. The zero-order chi connectivity index (χ0) is 19.5. The van der Waals surface area contributed by atoms with Gasteiger partial charge in [0.05, 0.1) is 5.69 Å². The number of nitrogens with zero attached hydrogens (tertiary/aromatic N) is 3. The molecule has 0 fully saturated rings. The molecule has 0 spiro atoms. The van der Waals surface area contributed by atoms with Gasteiger partial charge >= 0.3 is 0 Å². The maximum atomic E-state index is 12.6. The molecule has 3 heterocycles. The van der Waals surface area contributed by atoms with Crippen molar-refractivity contribution in [3.05, 3.63) is 53.1 Å². The van der Waals surface area contributed by atoms with Gasteiger partial charge in [0, 0.05) is 30.2 Å². The summed E-state index contributed by atoms with van der Waals surface area (Å²) in [5, 5.41) is 4.87. The second-order valence-corrected chi connectivity index (χ2v) is 7.39. The lowest BCUT2D eigenvalue weighted by Crippen LogP contribution is -2.29. The van der Waals surface area contributed by atoms with E-state index in [4.69, 9.17) is 0 Å². The van der Waals surface area contributed by atoms with Gasteiger partial charge < -0.3 is 10.2 Å². The van der Waals surface area contributed by atoms with Gasteiger partial charge in [-0.2, -0.15) is 0 Å². The van der Waals surface area contributed by atoms with E-state index in [0.29, 0.717) is 24.5 Å². The molecule has 1 aromatic carbocycles. The third-order valence-electron chi connectivity index (χ3n) is 4.71. The number of hydrogen-bond donors (Lipinski definition) is 1. The van der Waals surface area contributed by atoms with Crippen molar-refractivity contribution in [3.63, 3.8) is 0 Å². The van der Waals surface area contributed by atoms with Gasteiger partial charge in [-0.1, -0.05) is 24.3 Å². The van der Waals surface area contributed by atoms with Crippen LogP contribution in [0.2, 0.25) is 0 Å². The van der Waals surface area contributed by atoms with E-state index in [-0.39, 0.29) is 5.91 Å². The van der Waals surface area contributed by atoms with Crippen LogP contribution in [0.5, 0.6) is 0 Å². The highest BCUT2D eigenvalue weighted by atomic mass is 32.1. The third-order valence-corrected chi connectivity index (χ3v) is 5.51. The van der Waals surface area contributed by atoms with Crippen LogP contribution in [0, 0.1) is 5.92 Å². The summed E-state index contributed by atoms with van der Waals surface area (Å²) in [5.74, 6) is -1.80. The van der Waals surface area contributed by atoms with Crippen molar-refractivity contribution in [1.29, 1.82) is 0 Å². The molecule has 0 saturated carbocycles. The van der Waals surface area contributed by atoms with Crippen molar-refractivity contribution < 1.29 is 14.4 Å². The number of nitrogens with one attached hydrogen (secondary N) is 1. The Kier molecular flexibility index (Phi) is 5.12. The molecule has 142 valence electrons. The van der Waals surface area contributed by atoms with Crippen molar-refractivity contribution in [3.8, 4) is 0 Å². The molecular weight excluding hydrogens is 376 g/mol. The Morgan fingerprint density at radius 1 is 1.29 bits per heavy atom. The van der Waals surface area contributed by atoms with Gasteiger partial charge in [-0.15, -0.1) is 11.3 Å². The number of allylic oxidation sites excluding steroid dienone is 1. The topological polar surface area (TPSA) is 91.7 Å². The van der Waals surface area contributed by atoms with Crippen LogP contribution in [-0.4, -0.2) is 35.5 Å². The Morgan fingerprint density at radius 2 is 2.14 bits per heavy atom. The molecule has 0 saturated heterocycles. The number of aliphatic imine (C=N–C) groups is 1. The molecule has 1 N–H and O–H groups in total. The summed E-state index contributed by atoms with van der Waals surface area (Å²) in [6.07, 6.45) is 6.17. The fraction of sp³-hybridized carbons (Fsp3) is 0.250. The molecule has 1 unspecified atom stereocenters. The molecule has 2 aromatic rings. The largest absolute Gasteiger partial charge is 0.312 e. The first-order chi connectivity index (χ1) is 13.6. The molecule has 7 nitrogen and oxygen atoms in total. The molecule has 0 bridgehead atoms. The number of benzene rings is 1. The number of para-hydroxylation sites is 1. The van der Waals surface area contributed by atoms with E-state index < -0.39 is 17.7 Å². The quantitative estimate of drug-likeness (QED) is 0.788. The first-order valence-electron chi connectivity index (χ1n) is 9.00. The average Bonchev–Trinajstić information content (AvgIpc) is 3.33. The molecule has 0 aliphatic carbocycles. The van der Waals surface area contributed by atoms with Gasteiger partial charge in [0.1, 0.15) is 5.92 Å². The highest BCUT2D eigenvalue weighted by molar-refractivity contribution is 7.13. The molecule has 1 atom stereocenters. The number of carbonyl (C=O) groups excluding carboxylic acids is 3. The van der Waals surface area contributed by atoms with E-state index >= 15 is 0 Å². The van der Waals surface area contributed by atoms with Crippen LogP contribution in [0.25, 0.3) is 0 Å². The van der Waals surface area contributed by atoms with Crippen LogP contribution < -0.4 is 10.2 Å². The normalized spacial score (nSPS) is 17.6. The van der Waals surface area contributed by atoms with Crippen LogP contribution in [0.3, 0.4) is 0 Å². The Morgan fingerprint density at radius 3 is 3.00 bits per heavy atom. The number of anilines is 2. The van der Waals surface area contributed by atoms with E-state index in [0.717, 1.165) is 17.8 Å². The molecule has 2 aliphatic heterocycles. The lowest BCUT2D eigenvalue weighted by atomic mass is 10.1. The molecule has 0 radical (unpaired) electrons. The minimum atomic E-state index is -0.922. The molecule has 3 amide bonds. The first-order valence-corrected chi connectivity index (χ1v) is 9.88. The van der Waals surface area contributed by atoms with Crippen molar-refractivity contribution in [2.75, 3.05) is 16.8 Å². The van der Waals surface area contributed by atoms with Crippen LogP contribution in [0.15, 0.2) is 46.8 Å². The predicted octanol–water partition coefficient (Wildman–Crippen LogP) is 2.39. The van der Waals surface area contributed by atoms with Gasteiger partial charge in [-0.3, -0.25) is 14.4 Å². The maximum Gasteiger partial charge on any atom is 0.262 e. The predicted molar refractivity (Wildman–Crippen MR) is 108 cm³/mol. The van der Waals surface area contributed by atoms with E-state index in [1.54, 1.807) is 6.08 Å². The summed E-state index contributed by atoms with van der Waals surface area (Å²) in [7, 11) is 0. The van der Waals surface area contributed by atoms with Gasteiger partial charge in [0.15, 0.2) is 5.13 Å². The summed E-state index contributed by atoms with van der Waals surface area (Å²) >= 11 is 1.27. The fourth-order valence-corrected chi connectivity index (χ4v) is 4.02. The number of rotatable bonds is 5. The smallest absolute Gasteiger partial charge is 0.262 e. The van der Waals surface area contributed by atoms with Crippen molar-refractivity contribution in [1.82, 2.24) is 4.98 Å². The van der Waals surface area contributed by atoms with Gasteiger partial charge in [-0.25, -0.2) is 9.98 Å². The number of amides is 3. The lowest BCUT2D eigenvalue weighted by molar-refractivity contribution is -0.128. The number of aromatic nitrogens is 1. The third kappa shape index (κ3) is 3.77. The SMILES string of the molecule is O=C1N=CC=CC1C(=O)Nc1nc(CCC(=O)N2CCc3ccccc32)cs1. The Balaban J connectivity index is 1.32. The summed E-state index contributed by atoms with van der Waals surface area (Å²) in [6.45, 7) is 0.710. The van der Waals surface area contributed by atoms with Gasteiger partial charge in [-0.05, 0) is 30.5 Å². The highest BCUT2D eigenvalue weighted by Gasteiger charge is 2.26. The number of carbonyl (C=O) groups is 3. The molecule has 8 heteroatoms. The number of aryl methyl sites for hydroxylation is 1. The van der Waals surface area contributed by atoms with Gasteiger partial charge in [0.25, 0.3) is 5.91 Å². The zero-order valence-corrected chi connectivity index (χ0v) is 15.8. The van der Waals surface area contributed by atoms with Crippen molar-refractivity contribution in [2.24, 2.45) is 10.9 Å². The van der Waals surface area contributed by atoms with Crippen molar-refractivity contribution in [2.45, 2.75) is 19.3 Å².